The van der Waals surface area contributed by atoms with Crippen LogP contribution in [-0.2, 0) is 0 Å². The Kier molecular flexibility index (Phi) is 3.02. The van der Waals surface area contributed by atoms with E-state index in [1.807, 2.05) is 0 Å². The van der Waals surface area contributed by atoms with E-state index >= 15 is 0 Å². The molecule has 1 N–H and O–H groups in total. The van der Waals surface area contributed by atoms with E-state index in [2.05, 4.69) is 20.9 Å². The van der Waals surface area contributed by atoms with Crippen LogP contribution in [0.25, 0.3) is 10.6 Å². The Morgan fingerprint density at radius 2 is 2.00 bits per heavy atom. The second kappa shape index (κ2) is 4.31. The van der Waals surface area contributed by atoms with Gasteiger partial charge in [-0.25, -0.2) is 14.2 Å². The number of benzene rings is 1. The van der Waals surface area contributed by atoms with Crippen LogP contribution in [-0.4, -0.2) is 16.1 Å². The summed E-state index contributed by atoms with van der Waals surface area (Å²) in [7, 11) is 0. The fraction of sp³-hybridized carbons (Fsp3) is 0. The molecule has 0 atom stereocenters. The number of halogens is 2. The highest BCUT2D eigenvalue weighted by molar-refractivity contribution is 9.11. The van der Waals surface area contributed by atoms with Gasteiger partial charge in [0.25, 0.3) is 0 Å². The second-order valence-electron chi connectivity index (χ2n) is 2.95. The highest BCUT2D eigenvalue weighted by Crippen LogP contribution is 2.31. The molecule has 2 rings (SSSR count). The Balaban J connectivity index is 2.45. The summed E-state index contributed by atoms with van der Waals surface area (Å²) in [6, 6.07) is 5.74. The van der Waals surface area contributed by atoms with Crippen LogP contribution in [0.4, 0.5) is 4.39 Å². The monoisotopic (exact) mass is 301 g/mol. The van der Waals surface area contributed by atoms with Crippen LogP contribution >= 0.6 is 27.3 Å². The van der Waals surface area contributed by atoms with Crippen molar-refractivity contribution in [1.29, 1.82) is 0 Å². The van der Waals surface area contributed by atoms with Crippen LogP contribution in [0.2, 0.25) is 0 Å². The van der Waals surface area contributed by atoms with Crippen molar-refractivity contribution in [2.75, 3.05) is 0 Å². The number of thiazole rings is 1. The third-order valence-electron chi connectivity index (χ3n) is 1.88. The van der Waals surface area contributed by atoms with E-state index in [1.54, 1.807) is 12.1 Å². The van der Waals surface area contributed by atoms with E-state index in [0.717, 1.165) is 0 Å². The first-order chi connectivity index (χ1) is 7.58. The molecule has 2 aromatic rings. The molecule has 0 bridgehead atoms. The van der Waals surface area contributed by atoms with Crippen molar-refractivity contribution in [1.82, 2.24) is 4.98 Å². The van der Waals surface area contributed by atoms with Crippen molar-refractivity contribution < 1.29 is 14.3 Å². The van der Waals surface area contributed by atoms with E-state index in [4.69, 9.17) is 5.11 Å². The third-order valence-corrected chi connectivity index (χ3v) is 3.63. The van der Waals surface area contributed by atoms with Crippen molar-refractivity contribution in [3.05, 3.63) is 39.6 Å². The van der Waals surface area contributed by atoms with Gasteiger partial charge in [0.2, 0.25) is 0 Å². The van der Waals surface area contributed by atoms with Gasteiger partial charge in [0.15, 0.2) is 5.69 Å². The normalized spacial score (nSPS) is 10.4. The van der Waals surface area contributed by atoms with E-state index < -0.39 is 5.97 Å². The smallest absolute Gasteiger partial charge is 0.356 e. The van der Waals surface area contributed by atoms with Gasteiger partial charge in [0.05, 0.1) is 0 Å². The lowest BCUT2D eigenvalue weighted by Gasteiger charge is -1.94. The molecule has 0 unspecified atom stereocenters. The summed E-state index contributed by atoms with van der Waals surface area (Å²) in [5.41, 5.74) is 0.670. The van der Waals surface area contributed by atoms with Gasteiger partial charge in [-0.05, 0) is 40.2 Å². The quantitative estimate of drug-likeness (QED) is 0.925. The Hall–Kier alpha value is -1.27. The second-order valence-corrected chi connectivity index (χ2v) is 5.27. The fourth-order valence-corrected chi connectivity index (χ4v) is 2.66. The first kappa shape index (κ1) is 11.2. The van der Waals surface area contributed by atoms with Crippen molar-refractivity contribution >= 4 is 33.2 Å². The summed E-state index contributed by atoms with van der Waals surface area (Å²) in [6.07, 6.45) is 0. The average molecular weight is 302 g/mol. The molecule has 0 saturated carbocycles. The molecule has 1 aromatic heterocycles. The Bertz CT molecular complexity index is 538. The highest BCUT2D eigenvalue weighted by atomic mass is 79.9. The number of carbonyl (C=O) groups is 1. The zero-order valence-corrected chi connectivity index (χ0v) is 10.2. The van der Waals surface area contributed by atoms with E-state index in [9.17, 15) is 9.18 Å². The predicted molar refractivity (Wildman–Crippen MR) is 62.2 cm³/mol. The van der Waals surface area contributed by atoms with Gasteiger partial charge < -0.3 is 5.11 Å². The number of hydrogen-bond acceptors (Lipinski definition) is 3. The lowest BCUT2D eigenvalue weighted by Crippen LogP contribution is -1.96. The maximum atomic E-state index is 12.7. The molecular formula is C10H5BrFNO2S. The third kappa shape index (κ3) is 2.12. The van der Waals surface area contributed by atoms with Crippen LogP contribution in [0.3, 0.4) is 0 Å². The minimum Gasteiger partial charge on any atom is -0.476 e. The number of aromatic nitrogens is 1. The minimum atomic E-state index is -1.09. The standard InChI is InChI=1S/C10H5BrFNO2S/c11-8-7(10(14)15)13-9(16-8)5-1-3-6(12)4-2-5/h1-4H,(H,14,15). The molecule has 0 spiro atoms. The number of nitrogens with zero attached hydrogens (tertiary/aromatic N) is 1. The predicted octanol–water partition coefficient (Wildman–Crippen LogP) is 3.41. The van der Waals surface area contributed by atoms with Gasteiger partial charge in [0, 0.05) is 5.56 Å². The topological polar surface area (TPSA) is 50.2 Å². The van der Waals surface area contributed by atoms with Gasteiger partial charge in [-0.1, -0.05) is 0 Å². The number of carboxylic acid groups (broad SMARTS) is 1. The first-order valence-electron chi connectivity index (χ1n) is 4.23. The Morgan fingerprint density at radius 3 is 2.50 bits per heavy atom. The molecule has 0 amide bonds. The van der Waals surface area contributed by atoms with E-state index in [0.29, 0.717) is 14.4 Å². The molecule has 0 aliphatic carbocycles. The van der Waals surface area contributed by atoms with Gasteiger partial charge in [-0.2, -0.15) is 0 Å². The summed E-state index contributed by atoms with van der Waals surface area (Å²) >= 11 is 4.33. The lowest BCUT2D eigenvalue weighted by atomic mass is 10.2. The van der Waals surface area contributed by atoms with Crippen LogP contribution in [0.5, 0.6) is 0 Å². The van der Waals surface area contributed by atoms with Gasteiger partial charge in [-0.15, -0.1) is 11.3 Å². The summed E-state index contributed by atoms with van der Waals surface area (Å²) in [5.74, 6) is -1.42. The summed E-state index contributed by atoms with van der Waals surface area (Å²) in [4.78, 5) is 14.7. The molecular weight excluding hydrogens is 297 g/mol. The molecule has 1 heterocycles. The number of carboxylic acids is 1. The number of rotatable bonds is 2. The summed E-state index contributed by atoms with van der Waals surface area (Å²) in [5, 5.41) is 9.37. The molecule has 1 aromatic carbocycles. The van der Waals surface area contributed by atoms with Crippen molar-refractivity contribution in [3.8, 4) is 10.6 Å². The first-order valence-corrected chi connectivity index (χ1v) is 5.84. The maximum Gasteiger partial charge on any atom is 0.356 e. The Labute approximate surface area is 103 Å². The molecule has 6 heteroatoms. The van der Waals surface area contributed by atoms with Gasteiger partial charge in [0.1, 0.15) is 14.6 Å². The fourth-order valence-electron chi connectivity index (χ4n) is 1.15. The summed E-state index contributed by atoms with van der Waals surface area (Å²) < 4.78 is 13.2. The van der Waals surface area contributed by atoms with Crippen LogP contribution in [0, 0.1) is 5.82 Å². The van der Waals surface area contributed by atoms with Crippen molar-refractivity contribution in [2.45, 2.75) is 0 Å². The van der Waals surface area contributed by atoms with Crippen LogP contribution in [0.15, 0.2) is 28.1 Å². The lowest BCUT2D eigenvalue weighted by molar-refractivity contribution is 0.0690. The Morgan fingerprint density at radius 1 is 1.38 bits per heavy atom. The molecule has 0 aliphatic rings. The average Bonchev–Trinajstić information content (AvgIpc) is 2.61. The minimum absolute atomic E-state index is 0.0238. The zero-order chi connectivity index (χ0) is 11.7. The van der Waals surface area contributed by atoms with Gasteiger partial charge >= 0.3 is 5.97 Å². The molecule has 0 fully saturated rings. The SMILES string of the molecule is O=C(O)c1nc(-c2ccc(F)cc2)sc1Br. The molecule has 3 nitrogen and oxygen atoms in total. The van der Waals surface area contributed by atoms with E-state index in [1.165, 1.54) is 23.5 Å². The molecule has 16 heavy (non-hydrogen) atoms. The summed E-state index contributed by atoms with van der Waals surface area (Å²) in [6.45, 7) is 0. The number of aromatic carboxylic acids is 1. The molecule has 0 saturated heterocycles. The molecule has 0 radical (unpaired) electrons. The van der Waals surface area contributed by atoms with Gasteiger partial charge in [-0.3, -0.25) is 0 Å². The highest BCUT2D eigenvalue weighted by Gasteiger charge is 2.16. The molecule has 0 aliphatic heterocycles. The van der Waals surface area contributed by atoms with Crippen molar-refractivity contribution in [2.24, 2.45) is 0 Å². The molecule has 82 valence electrons. The van der Waals surface area contributed by atoms with Crippen LogP contribution in [0.1, 0.15) is 10.5 Å². The van der Waals surface area contributed by atoms with Crippen LogP contribution < -0.4 is 0 Å². The van der Waals surface area contributed by atoms with Crippen molar-refractivity contribution in [3.63, 3.8) is 0 Å². The largest absolute Gasteiger partial charge is 0.476 e. The zero-order valence-electron chi connectivity index (χ0n) is 7.78. The van der Waals surface area contributed by atoms with E-state index in [-0.39, 0.29) is 11.5 Å². The number of hydrogen-bond donors (Lipinski definition) is 1. The maximum absolute atomic E-state index is 12.7.